The molecule has 0 aromatic heterocycles. The summed E-state index contributed by atoms with van der Waals surface area (Å²) in [6.07, 6.45) is 2.74. The van der Waals surface area contributed by atoms with Crippen molar-refractivity contribution in [1.82, 2.24) is 5.32 Å². The fraction of sp³-hybridized carbons (Fsp3) is 0.389. The molecule has 0 unspecified atom stereocenters. The van der Waals surface area contributed by atoms with Crippen molar-refractivity contribution in [3.63, 3.8) is 0 Å². The molecule has 284 valence electrons. The van der Waals surface area contributed by atoms with Crippen LogP contribution in [0.1, 0.15) is 48.4 Å². The van der Waals surface area contributed by atoms with Gasteiger partial charge in [0.1, 0.15) is 55.7 Å². The summed E-state index contributed by atoms with van der Waals surface area (Å²) in [7, 11) is 0. The van der Waals surface area contributed by atoms with Gasteiger partial charge in [-0.3, -0.25) is 9.59 Å². The molecule has 4 N–H and O–H groups in total. The molecule has 2 rings (SSSR count). The number of isocyanates is 1. The third-order valence-electron chi connectivity index (χ3n) is 5.75. The van der Waals surface area contributed by atoms with Crippen LogP contribution in [0.5, 0.6) is 11.5 Å². The minimum atomic E-state index is -1.44. The number of nitrogens with one attached hydrogen (secondary N) is 1. The number of benzene rings is 2. The Bertz CT molecular complexity index is 1480. The average Bonchev–Trinajstić information content (AvgIpc) is 3.12. The number of carbonyl (C=O) groups is 5. The number of hydrogen-bond donors (Lipinski definition) is 4. The van der Waals surface area contributed by atoms with Gasteiger partial charge in [-0.15, -0.1) is 0 Å². The second kappa shape index (κ2) is 25.3. The summed E-state index contributed by atoms with van der Waals surface area (Å²) >= 11 is 0. The van der Waals surface area contributed by atoms with Gasteiger partial charge in [0, 0.05) is 23.3 Å². The predicted octanol–water partition coefficient (Wildman–Crippen LogP) is 2.54. The van der Waals surface area contributed by atoms with Crippen LogP contribution in [-0.4, -0.2) is 115 Å². The number of hydrogen-bond acceptors (Lipinski definition) is 15. The minimum absolute atomic E-state index is 0.0165. The molecule has 0 atom stereocenters. The molecule has 0 aliphatic carbocycles. The first kappa shape index (κ1) is 46.3. The fourth-order valence-electron chi connectivity index (χ4n) is 3.28. The average molecular weight is 731 g/mol. The van der Waals surface area contributed by atoms with Crippen LogP contribution < -0.4 is 14.8 Å². The fourth-order valence-corrected chi connectivity index (χ4v) is 3.28. The first-order chi connectivity index (χ1) is 24.5. The van der Waals surface area contributed by atoms with E-state index < -0.39 is 29.2 Å². The van der Waals surface area contributed by atoms with Gasteiger partial charge in [0.05, 0.1) is 19.7 Å². The number of aliphatic hydroxyl groups is 3. The van der Waals surface area contributed by atoms with Crippen molar-refractivity contribution in [3.8, 4) is 11.5 Å². The summed E-state index contributed by atoms with van der Waals surface area (Å²) in [5.41, 5.74) is -2.00. The van der Waals surface area contributed by atoms with E-state index >= 15 is 0 Å². The maximum Gasteiger partial charge on any atom is 0.407 e. The topological polar surface area (TPSA) is 234 Å². The van der Waals surface area contributed by atoms with Gasteiger partial charge in [-0.05, 0) is 76.2 Å². The van der Waals surface area contributed by atoms with Crippen molar-refractivity contribution in [2.45, 2.75) is 38.9 Å². The van der Waals surface area contributed by atoms with Gasteiger partial charge in [-0.1, -0.05) is 13.2 Å². The Morgan fingerprint density at radius 3 is 1.56 bits per heavy atom. The van der Waals surface area contributed by atoms with Crippen LogP contribution in [0, 0.1) is 0 Å². The summed E-state index contributed by atoms with van der Waals surface area (Å²) < 4.78 is 24.6. The molecule has 0 bridgehead atoms. The Morgan fingerprint density at radius 1 is 0.712 bits per heavy atom. The maximum absolute atomic E-state index is 11.9. The molecule has 0 saturated carbocycles. The van der Waals surface area contributed by atoms with Gasteiger partial charge < -0.3 is 44.3 Å². The van der Waals surface area contributed by atoms with Gasteiger partial charge in [-0.25, -0.2) is 24.2 Å². The van der Waals surface area contributed by atoms with Crippen LogP contribution in [0.4, 0.5) is 4.79 Å². The number of alkyl carbamates (subject to hydrolysis) is 1. The van der Waals surface area contributed by atoms with Crippen LogP contribution in [0.2, 0.25) is 0 Å². The molecular weight excluding hydrogens is 684 g/mol. The zero-order valence-electron chi connectivity index (χ0n) is 29.6. The lowest BCUT2D eigenvalue weighted by Gasteiger charge is -2.15. The largest absolute Gasteiger partial charge is 0.491 e. The monoisotopic (exact) mass is 730 g/mol. The van der Waals surface area contributed by atoms with Gasteiger partial charge in [-0.2, -0.15) is 0 Å². The van der Waals surface area contributed by atoms with Crippen LogP contribution in [0.25, 0.3) is 0 Å². The summed E-state index contributed by atoms with van der Waals surface area (Å²) in [5, 5.41) is 30.2. The van der Waals surface area contributed by atoms with Gasteiger partial charge in [0.2, 0.25) is 6.08 Å². The second-order valence-corrected chi connectivity index (χ2v) is 11.0. The van der Waals surface area contributed by atoms with Crippen molar-refractivity contribution in [2.24, 2.45) is 4.99 Å². The Balaban J connectivity index is 0.000000846. The zero-order chi connectivity index (χ0) is 39.6. The van der Waals surface area contributed by atoms with Crippen LogP contribution in [0.3, 0.4) is 0 Å². The third-order valence-corrected chi connectivity index (χ3v) is 5.75. The van der Waals surface area contributed by atoms with Gasteiger partial charge in [0.15, 0.2) is 11.6 Å². The first-order valence-electron chi connectivity index (χ1n) is 15.6. The summed E-state index contributed by atoms with van der Waals surface area (Å²) in [6.45, 7) is 12.9. The highest BCUT2D eigenvalue weighted by Crippen LogP contribution is 2.18. The number of ether oxygens (including phenoxy) is 5. The zero-order valence-corrected chi connectivity index (χ0v) is 29.6. The number of amides is 1. The van der Waals surface area contributed by atoms with Gasteiger partial charge in [0.25, 0.3) is 0 Å². The molecule has 1 amide bonds. The van der Waals surface area contributed by atoms with Crippen molar-refractivity contribution in [1.29, 1.82) is 0 Å². The van der Waals surface area contributed by atoms with Crippen molar-refractivity contribution >= 4 is 35.7 Å². The molecular formula is C36H46N2O14. The molecule has 0 heterocycles. The molecule has 0 radical (unpaired) electrons. The second-order valence-electron chi connectivity index (χ2n) is 11.0. The molecule has 0 aliphatic heterocycles. The summed E-state index contributed by atoms with van der Waals surface area (Å²) in [5.74, 6) is -0.715. The van der Waals surface area contributed by atoms with E-state index in [1.807, 2.05) is 0 Å². The minimum Gasteiger partial charge on any atom is -0.491 e. The summed E-state index contributed by atoms with van der Waals surface area (Å²) in [6, 6.07) is 12.7. The van der Waals surface area contributed by atoms with Gasteiger partial charge >= 0.3 is 18.0 Å². The summed E-state index contributed by atoms with van der Waals surface area (Å²) in [4.78, 5) is 68.6. The Labute approximate surface area is 301 Å². The van der Waals surface area contributed by atoms with E-state index in [9.17, 15) is 39.0 Å². The van der Waals surface area contributed by atoms with Crippen LogP contribution in [-0.2, 0) is 28.6 Å². The quantitative estimate of drug-likeness (QED) is 0.0310. The molecule has 0 aliphatic rings. The highest BCUT2D eigenvalue weighted by Gasteiger charge is 2.25. The van der Waals surface area contributed by atoms with Crippen LogP contribution >= 0.6 is 0 Å². The number of rotatable bonds is 19. The van der Waals surface area contributed by atoms with Crippen molar-refractivity contribution in [2.75, 3.05) is 52.7 Å². The molecule has 2 aromatic rings. The standard InChI is InChI=1S/C18H23NO7.C12H16O4.C6H7NO3/c1-4-15(20)25-10-9-19-17(22)26-12-11-24-14-7-5-13(6-8-14)16(21)18(2,3)23;1-12(2,15)11(14)9-3-5-10(6-4-9)16-8-7-13;1-2-6(9)10-4-3-7-5-8/h4-8,23H,1,9-12H2,2-3H3,(H,19,22);3-6,13,15H,7-8H2,1-2H3;2H,1,3-4H2. The number of carbonyl (C=O) groups excluding carboxylic acids is 6. The van der Waals surface area contributed by atoms with E-state index in [1.54, 1.807) is 48.5 Å². The highest BCUT2D eigenvalue weighted by molar-refractivity contribution is 6.02. The lowest BCUT2D eigenvalue weighted by atomic mass is 9.97. The van der Waals surface area contributed by atoms with Crippen molar-refractivity contribution in [3.05, 3.63) is 85.0 Å². The smallest absolute Gasteiger partial charge is 0.407 e. The number of ketones is 2. The van der Waals surface area contributed by atoms with Crippen LogP contribution in [0.15, 0.2) is 78.8 Å². The number of nitrogens with zero attached hydrogens (tertiary/aromatic N) is 1. The third kappa shape index (κ3) is 21.4. The molecule has 16 nitrogen and oxygen atoms in total. The molecule has 0 spiro atoms. The predicted molar refractivity (Wildman–Crippen MR) is 187 cm³/mol. The Hall–Kier alpha value is -5.67. The molecule has 2 aromatic carbocycles. The van der Waals surface area contributed by atoms with E-state index in [-0.39, 0.29) is 64.3 Å². The molecule has 52 heavy (non-hydrogen) atoms. The number of esters is 2. The van der Waals surface area contributed by atoms with E-state index in [0.717, 1.165) is 12.2 Å². The SMILES string of the molecule is C=CC(=O)OCCN=C=O.C=CC(=O)OCCNC(=O)OCCOc1ccc(C(=O)C(C)(C)O)cc1.CC(C)(O)C(=O)c1ccc(OCCO)cc1. The first-order valence-corrected chi connectivity index (χ1v) is 15.6. The lowest BCUT2D eigenvalue weighted by Crippen LogP contribution is -2.31. The molecule has 16 heteroatoms. The normalized spacial score (nSPS) is 10.2. The number of Topliss-reactive ketones (excluding diaryl/α,β-unsaturated/α-hetero) is 2. The highest BCUT2D eigenvalue weighted by atomic mass is 16.6. The Morgan fingerprint density at radius 2 is 1.15 bits per heavy atom. The lowest BCUT2D eigenvalue weighted by molar-refractivity contribution is -0.138. The number of aliphatic imine (C=N–C) groups is 1. The number of aliphatic hydroxyl groups excluding tert-OH is 1. The van der Waals surface area contributed by atoms with Crippen molar-refractivity contribution < 1.29 is 67.8 Å². The van der Waals surface area contributed by atoms with E-state index in [4.69, 9.17) is 19.3 Å². The molecule has 0 saturated heterocycles. The molecule has 0 fully saturated rings. The van der Waals surface area contributed by atoms with E-state index in [0.29, 0.717) is 22.6 Å². The van der Waals surface area contributed by atoms with E-state index in [2.05, 4.69) is 32.9 Å². The Kier molecular flexibility index (Phi) is 22.5. The maximum atomic E-state index is 11.9. The van der Waals surface area contributed by atoms with E-state index in [1.165, 1.54) is 33.8 Å².